The van der Waals surface area contributed by atoms with Crippen LogP contribution >= 0.6 is 0 Å². The average molecular weight is 389 g/mol. The molecular weight excluding hydrogens is 344 g/mol. The molecule has 0 atom stereocenters. The number of unbranched alkanes of at least 4 members (excludes halogenated alkanes) is 9. The zero-order chi connectivity index (χ0) is 19.8. The van der Waals surface area contributed by atoms with Crippen molar-refractivity contribution in [2.24, 2.45) is 0 Å². The minimum Gasteiger partial charge on any atom is -0.463 e. The van der Waals surface area contributed by atoms with Crippen molar-refractivity contribution in [2.75, 3.05) is 46.2 Å². The summed E-state index contributed by atoms with van der Waals surface area (Å²) in [5.41, 5.74) is 0. The Hall–Kier alpha value is -0.650. The lowest BCUT2D eigenvalue weighted by Crippen LogP contribution is -2.14. The molecule has 0 rings (SSSR count). The predicted octanol–water partition coefficient (Wildman–Crippen LogP) is 5.30. The Kier molecular flexibility index (Phi) is 22.8. The number of carbonyl (C=O) groups excluding carboxylic acids is 1. The molecule has 27 heavy (non-hydrogen) atoms. The van der Waals surface area contributed by atoms with Crippen molar-refractivity contribution in [1.29, 1.82) is 0 Å². The van der Waals surface area contributed by atoms with Crippen LogP contribution in [-0.2, 0) is 23.7 Å². The summed E-state index contributed by atoms with van der Waals surface area (Å²) < 4.78 is 21.5. The summed E-state index contributed by atoms with van der Waals surface area (Å²) in [6, 6.07) is 0. The highest BCUT2D eigenvalue weighted by molar-refractivity contribution is 5.69. The molecule has 0 aliphatic carbocycles. The molecular formula is C22H44O5. The lowest BCUT2D eigenvalue weighted by Gasteiger charge is -2.08. The first-order valence-electron chi connectivity index (χ1n) is 11.2. The molecule has 0 aromatic rings. The van der Waals surface area contributed by atoms with Crippen LogP contribution in [-0.4, -0.2) is 52.2 Å². The number of rotatable bonds is 22. The number of carbonyl (C=O) groups is 1. The first kappa shape index (κ1) is 26.4. The van der Waals surface area contributed by atoms with Gasteiger partial charge in [-0.2, -0.15) is 0 Å². The Balaban J connectivity index is 3.11. The van der Waals surface area contributed by atoms with Crippen LogP contribution in [0.15, 0.2) is 0 Å². The van der Waals surface area contributed by atoms with Crippen molar-refractivity contribution in [1.82, 2.24) is 0 Å². The smallest absolute Gasteiger partial charge is 0.305 e. The first-order valence-corrected chi connectivity index (χ1v) is 11.2. The highest BCUT2D eigenvalue weighted by Crippen LogP contribution is 2.08. The molecule has 0 N–H and O–H groups in total. The number of esters is 1. The highest BCUT2D eigenvalue weighted by atomic mass is 16.6. The van der Waals surface area contributed by atoms with Gasteiger partial charge in [0, 0.05) is 13.0 Å². The van der Waals surface area contributed by atoms with Crippen LogP contribution < -0.4 is 0 Å². The second-order valence-corrected chi connectivity index (χ2v) is 6.99. The fourth-order valence-electron chi connectivity index (χ4n) is 2.69. The van der Waals surface area contributed by atoms with Crippen LogP contribution in [0.1, 0.15) is 90.9 Å². The maximum atomic E-state index is 11.6. The van der Waals surface area contributed by atoms with E-state index in [0.717, 1.165) is 25.9 Å². The minimum absolute atomic E-state index is 0.112. The molecule has 0 saturated heterocycles. The molecule has 0 radical (unpaired) electrons. The number of ether oxygens (including phenoxy) is 4. The van der Waals surface area contributed by atoms with Crippen LogP contribution in [0.5, 0.6) is 0 Å². The Morgan fingerprint density at radius 1 is 0.519 bits per heavy atom. The summed E-state index contributed by atoms with van der Waals surface area (Å²) >= 11 is 0. The van der Waals surface area contributed by atoms with Crippen molar-refractivity contribution < 1.29 is 23.7 Å². The summed E-state index contributed by atoms with van der Waals surface area (Å²) in [5.74, 6) is -0.112. The largest absolute Gasteiger partial charge is 0.463 e. The molecule has 5 nitrogen and oxygen atoms in total. The van der Waals surface area contributed by atoms with E-state index >= 15 is 0 Å². The van der Waals surface area contributed by atoms with Crippen LogP contribution in [0.25, 0.3) is 0 Å². The number of hydrogen-bond acceptors (Lipinski definition) is 5. The molecule has 0 unspecified atom stereocenters. The van der Waals surface area contributed by atoms with Gasteiger partial charge in [-0.15, -0.1) is 0 Å². The van der Waals surface area contributed by atoms with Crippen LogP contribution in [0.4, 0.5) is 0 Å². The topological polar surface area (TPSA) is 54.0 Å². The summed E-state index contributed by atoms with van der Waals surface area (Å²) in [7, 11) is 0. The molecule has 0 spiro atoms. The monoisotopic (exact) mass is 388 g/mol. The van der Waals surface area contributed by atoms with E-state index in [1.807, 2.05) is 0 Å². The molecule has 0 saturated carbocycles. The number of hydrogen-bond donors (Lipinski definition) is 0. The third kappa shape index (κ3) is 23.3. The van der Waals surface area contributed by atoms with Gasteiger partial charge in [-0.25, -0.2) is 0 Å². The van der Waals surface area contributed by atoms with Crippen LogP contribution in [0.2, 0.25) is 0 Å². The van der Waals surface area contributed by atoms with E-state index < -0.39 is 0 Å². The van der Waals surface area contributed by atoms with E-state index in [0.29, 0.717) is 46.1 Å². The average Bonchev–Trinajstić information content (AvgIpc) is 2.67. The molecule has 0 amide bonds. The third-order valence-corrected chi connectivity index (χ3v) is 4.36. The van der Waals surface area contributed by atoms with Gasteiger partial charge in [0.2, 0.25) is 0 Å². The van der Waals surface area contributed by atoms with Crippen molar-refractivity contribution in [3.8, 4) is 0 Å². The minimum atomic E-state index is -0.112. The highest BCUT2D eigenvalue weighted by Gasteiger charge is 2.02. The zero-order valence-electron chi connectivity index (χ0n) is 18.0. The summed E-state index contributed by atoms with van der Waals surface area (Å²) in [6.07, 6.45) is 13.9. The van der Waals surface area contributed by atoms with E-state index in [2.05, 4.69) is 13.8 Å². The van der Waals surface area contributed by atoms with Crippen molar-refractivity contribution in [2.45, 2.75) is 90.9 Å². The summed E-state index contributed by atoms with van der Waals surface area (Å²) in [6.45, 7) is 8.32. The summed E-state index contributed by atoms with van der Waals surface area (Å²) in [4.78, 5) is 11.6. The molecule has 0 aromatic heterocycles. The second kappa shape index (κ2) is 23.4. The van der Waals surface area contributed by atoms with Gasteiger partial charge in [0.05, 0.1) is 33.0 Å². The van der Waals surface area contributed by atoms with Gasteiger partial charge < -0.3 is 18.9 Å². The van der Waals surface area contributed by atoms with E-state index in [1.165, 1.54) is 51.4 Å². The third-order valence-electron chi connectivity index (χ3n) is 4.36. The molecule has 0 heterocycles. The van der Waals surface area contributed by atoms with Gasteiger partial charge in [0.25, 0.3) is 0 Å². The fourth-order valence-corrected chi connectivity index (χ4v) is 2.69. The van der Waals surface area contributed by atoms with Gasteiger partial charge in [-0.1, -0.05) is 71.6 Å². The predicted molar refractivity (Wildman–Crippen MR) is 110 cm³/mol. The van der Waals surface area contributed by atoms with Gasteiger partial charge in [0.1, 0.15) is 6.61 Å². The standard InChI is InChI=1S/C22H44O5/c1-3-5-7-9-10-11-12-14-22(23)27-21-20-26-19-18-25-17-16-24-15-13-8-6-4-2/h3-21H2,1-2H3. The summed E-state index contributed by atoms with van der Waals surface area (Å²) in [5, 5.41) is 0. The normalized spacial score (nSPS) is 11.0. The van der Waals surface area contributed by atoms with Crippen molar-refractivity contribution >= 4 is 5.97 Å². The molecule has 5 heteroatoms. The van der Waals surface area contributed by atoms with Crippen molar-refractivity contribution in [3.05, 3.63) is 0 Å². The SMILES string of the molecule is CCCCCCCCCC(=O)OCCOCCOCCOCCCCCC. The Morgan fingerprint density at radius 3 is 1.56 bits per heavy atom. The van der Waals surface area contributed by atoms with E-state index in [-0.39, 0.29) is 5.97 Å². The lowest BCUT2D eigenvalue weighted by atomic mass is 10.1. The van der Waals surface area contributed by atoms with E-state index in [1.54, 1.807) is 0 Å². The molecule has 0 aliphatic rings. The Labute approximate surface area is 167 Å². The maximum absolute atomic E-state index is 11.6. The second-order valence-electron chi connectivity index (χ2n) is 6.99. The fraction of sp³-hybridized carbons (Fsp3) is 0.955. The molecule has 0 aliphatic heterocycles. The Morgan fingerprint density at radius 2 is 0.963 bits per heavy atom. The first-order chi connectivity index (χ1) is 13.3. The van der Waals surface area contributed by atoms with Gasteiger partial charge in [-0.05, 0) is 12.8 Å². The van der Waals surface area contributed by atoms with Crippen LogP contribution in [0, 0.1) is 0 Å². The molecule has 0 bridgehead atoms. The van der Waals surface area contributed by atoms with Gasteiger partial charge in [0.15, 0.2) is 0 Å². The molecule has 0 aromatic carbocycles. The Bertz CT molecular complexity index is 296. The van der Waals surface area contributed by atoms with Crippen molar-refractivity contribution in [3.63, 3.8) is 0 Å². The van der Waals surface area contributed by atoms with Crippen LogP contribution in [0.3, 0.4) is 0 Å². The lowest BCUT2D eigenvalue weighted by molar-refractivity contribution is -0.145. The maximum Gasteiger partial charge on any atom is 0.305 e. The molecule has 0 fully saturated rings. The van der Waals surface area contributed by atoms with Gasteiger partial charge >= 0.3 is 5.97 Å². The molecule has 162 valence electrons. The van der Waals surface area contributed by atoms with E-state index in [4.69, 9.17) is 18.9 Å². The van der Waals surface area contributed by atoms with E-state index in [9.17, 15) is 4.79 Å². The quantitative estimate of drug-likeness (QED) is 0.186. The van der Waals surface area contributed by atoms with Gasteiger partial charge in [-0.3, -0.25) is 4.79 Å². The zero-order valence-corrected chi connectivity index (χ0v) is 18.0.